The fourth-order valence-electron chi connectivity index (χ4n) is 3.14. The van der Waals surface area contributed by atoms with E-state index < -0.39 is 0 Å². The largest absolute Gasteiger partial charge is 0.381 e. The molecular formula is C16H27N3O2. The van der Waals surface area contributed by atoms with Crippen molar-refractivity contribution < 1.29 is 9.47 Å². The first-order chi connectivity index (χ1) is 10.3. The van der Waals surface area contributed by atoms with Crippen molar-refractivity contribution in [1.29, 1.82) is 0 Å². The first kappa shape index (κ1) is 15.0. The van der Waals surface area contributed by atoms with Crippen molar-refractivity contribution in [3.05, 3.63) is 18.0 Å². The van der Waals surface area contributed by atoms with Gasteiger partial charge >= 0.3 is 0 Å². The van der Waals surface area contributed by atoms with E-state index in [9.17, 15) is 0 Å². The minimum absolute atomic E-state index is 0.445. The van der Waals surface area contributed by atoms with Crippen LogP contribution in [0, 0.1) is 5.92 Å². The molecule has 2 aliphatic rings. The third-order valence-corrected chi connectivity index (χ3v) is 4.54. The molecule has 0 spiro atoms. The van der Waals surface area contributed by atoms with Crippen LogP contribution in [0.15, 0.2) is 12.4 Å². The number of aromatic nitrogens is 2. The molecule has 21 heavy (non-hydrogen) atoms. The molecule has 0 saturated carbocycles. The van der Waals surface area contributed by atoms with Crippen LogP contribution >= 0.6 is 0 Å². The van der Waals surface area contributed by atoms with Crippen LogP contribution in [0.3, 0.4) is 0 Å². The molecule has 5 heteroatoms. The Kier molecular flexibility index (Phi) is 5.27. The fourth-order valence-corrected chi connectivity index (χ4v) is 3.14. The maximum atomic E-state index is 6.06. The number of nitrogens with zero attached hydrogens (tertiary/aromatic N) is 3. The maximum Gasteiger partial charge on any atom is 0.0599 e. The van der Waals surface area contributed by atoms with Crippen molar-refractivity contribution in [2.75, 3.05) is 32.9 Å². The number of piperidine rings is 1. The van der Waals surface area contributed by atoms with E-state index >= 15 is 0 Å². The summed E-state index contributed by atoms with van der Waals surface area (Å²) in [5.74, 6) is 0.628. The summed E-state index contributed by atoms with van der Waals surface area (Å²) in [6.07, 6.45) is 8.06. The van der Waals surface area contributed by atoms with Crippen LogP contribution in [0.2, 0.25) is 0 Å². The lowest BCUT2D eigenvalue weighted by Crippen LogP contribution is -2.37. The second-order valence-electron chi connectivity index (χ2n) is 6.24. The first-order valence-corrected chi connectivity index (χ1v) is 8.26. The van der Waals surface area contributed by atoms with Gasteiger partial charge in [-0.3, -0.25) is 9.58 Å². The number of aryl methyl sites for hydroxylation is 1. The van der Waals surface area contributed by atoms with Gasteiger partial charge < -0.3 is 9.47 Å². The molecule has 0 N–H and O–H groups in total. The summed E-state index contributed by atoms with van der Waals surface area (Å²) in [6, 6.07) is 0. The Balaban J connectivity index is 1.36. The minimum atomic E-state index is 0.445. The summed E-state index contributed by atoms with van der Waals surface area (Å²) in [4.78, 5) is 2.51. The Labute approximate surface area is 127 Å². The van der Waals surface area contributed by atoms with Gasteiger partial charge in [0.1, 0.15) is 0 Å². The molecule has 1 atom stereocenters. The highest BCUT2D eigenvalue weighted by Crippen LogP contribution is 2.19. The summed E-state index contributed by atoms with van der Waals surface area (Å²) in [5, 5.41) is 4.34. The normalized spacial score (nSPS) is 24.7. The topological polar surface area (TPSA) is 39.5 Å². The second kappa shape index (κ2) is 7.38. The second-order valence-corrected chi connectivity index (χ2v) is 6.24. The summed E-state index contributed by atoms with van der Waals surface area (Å²) in [5.41, 5.74) is 1.32. The molecule has 118 valence electrons. The van der Waals surface area contributed by atoms with Gasteiger partial charge in [0.25, 0.3) is 0 Å². The van der Waals surface area contributed by atoms with Crippen molar-refractivity contribution in [1.82, 2.24) is 14.7 Å². The van der Waals surface area contributed by atoms with E-state index in [1.165, 1.54) is 12.0 Å². The van der Waals surface area contributed by atoms with Gasteiger partial charge in [-0.15, -0.1) is 0 Å². The van der Waals surface area contributed by atoms with Crippen molar-refractivity contribution in [3.63, 3.8) is 0 Å². The number of ether oxygens (including phenoxy) is 2. The van der Waals surface area contributed by atoms with E-state index in [2.05, 4.69) is 23.1 Å². The predicted molar refractivity (Wildman–Crippen MR) is 81.1 cm³/mol. The molecule has 2 fully saturated rings. The minimum Gasteiger partial charge on any atom is -0.381 e. The number of likely N-dealkylation sites (tertiary alicyclic amines) is 1. The van der Waals surface area contributed by atoms with Crippen molar-refractivity contribution in [3.8, 4) is 0 Å². The summed E-state index contributed by atoms with van der Waals surface area (Å²) >= 11 is 0. The lowest BCUT2D eigenvalue weighted by Gasteiger charge is -2.32. The van der Waals surface area contributed by atoms with Gasteiger partial charge in [-0.2, -0.15) is 5.10 Å². The molecular weight excluding hydrogens is 266 g/mol. The molecule has 0 bridgehead atoms. The summed E-state index contributed by atoms with van der Waals surface area (Å²) < 4.78 is 13.5. The van der Waals surface area contributed by atoms with E-state index in [4.69, 9.17) is 9.47 Å². The first-order valence-electron chi connectivity index (χ1n) is 8.26. The number of rotatable bonds is 6. The highest BCUT2D eigenvalue weighted by molar-refractivity contribution is 5.03. The van der Waals surface area contributed by atoms with Crippen LogP contribution in [0.1, 0.15) is 31.7 Å². The predicted octanol–water partition coefficient (Wildman–Crippen LogP) is 1.92. The Bertz CT molecular complexity index is 421. The fraction of sp³-hybridized carbons (Fsp3) is 0.812. The smallest absolute Gasteiger partial charge is 0.0599 e. The Morgan fingerprint density at radius 2 is 2.19 bits per heavy atom. The van der Waals surface area contributed by atoms with Crippen LogP contribution in [0.25, 0.3) is 0 Å². The summed E-state index contributed by atoms with van der Waals surface area (Å²) in [6.45, 7) is 9.03. The standard InChI is InChI=1S/C16H27N3O2/c1-2-19-11-15(9-17-19)10-18-6-3-16(4-7-18)21-13-14-5-8-20-12-14/h9,11,14,16H,2-8,10,12-13H2,1H3/t14-/m1/s1. The molecule has 0 radical (unpaired) electrons. The van der Waals surface area contributed by atoms with Gasteiger partial charge in [-0.25, -0.2) is 0 Å². The third kappa shape index (κ3) is 4.28. The zero-order chi connectivity index (χ0) is 14.5. The lowest BCUT2D eigenvalue weighted by molar-refractivity contribution is -0.0116. The molecule has 0 unspecified atom stereocenters. The highest BCUT2D eigenvalue weighted by atomic mass is 16.5. The Morgan fingerprint density at radius 3 is 2.86 bits per heavy atom. The van der Waals surface area contributed by atoms with Crippen LogP contribution in [0.5, 0.6) is 0 Å². The van der Waals surface area contributed by atoms with E-state index in [0.717, 1.165) is 58.8 Å². The average molecular weight is 293 g/mol. The van der Waals surface area contributed by atoms with Crippen LogP contribution in [0.4, 0.5) is 0 Å². The zero-order valence-electron chi connectivity index (χ0n) is 13.0. The third-order valence-electron chi connectivity index (χ3n) is 4.54. The molecule has 1 aromatic rings. The van der Waals surface area contributed by atoms with Gasteiger partial charge in [0.05, 0.1) is 25.5 Å². The van der Waals surface area contributed by atoms with Gasteiger partial charge in [-0.05, 0) is 26.2 Å². The van der Waals surface area contributed by atoms with Gasteiger partial charge in [0.2, 0.25) is 0 Å². The van der Waals surface area contributed by atoms with Crippen molar-refractivity contribution in [2.45, 2.75) is 45.4 Å². The molecule has 1 aromatic heterocycles. The van der Waals surface area contributed by atoms with E-state index in [-0.39, 0.29) is 0 Å². The van der Waals surface area contributed by atoms with Crippen molar-refractivity contribution >= 4 is 0 Å². The zero-order valence-corrected chi connectivity index (χ0v) is 13.0. The molecule has 3 rings (SSSR count). The Hall–Kier alpha value is -0.910. The summed E-state index contributed by atoms with van der Waals surface area (Å²) in [7, 11) is 0. The SMILES string of the molecule is CCn1cc(CN2CCC(OC[C@@H]3CCOC3)CC2)cn1. The van der Waals surface area contributed by atoms with Crippen LogP contribution in [-0.4, -0.2) is 53.7 Å². The molecule has 3 heterocycles. The lowest BCUT2D eigenvalue weighted by atomic mass is 10.1. The molecule has 5 nitrogen and oxygen atoms in total. The molecule has 2 saturated heterocycles. The highest BCUT2D eigenvalue weighted by Gasteiger charge is 2.22. The average Bonchev–Trinajstić information content (AvgIpc) is 3.18. The van der Waals surface area contributed by atoms with Gasteiger partial charge in [-0.1, -0.05) is 0 Å². The number of hydrogen-bond donors (Lipinski definition) is 0. The molecule has 2 aliphatic heterocycles. The van der Waals surface area contributed by atoms with Crippen LogP contribution in [-0.2, 0) is 22.6 Å². The van der Waals surface area contributed by atoms with E-state index in [1.54, 1.807) is 0 Å². The number of hydrogen-bond acceptors (Lipinski definition) is 4. The van der Waals surface area contributed by atoms with Gasteiger partial charge in [0.15, 0.2) is 0 Å². The maximum absolute atomic E-state index is 6.06. The van der Waals surface area contributed by atoms with Gasteiger partial charge in [0, 0.05) is 50.5 Å². The quantitative estimate of drug-likeness (QED) is 0.803. The molecule has 0 aliphatic carbocycles. The Morgan fingerprint density at radius 1 is 1.33 bits per heavy atom. The molecule has 0 amide bonds. The molecule has 0 aromatic carbocycles. The monoisotopic (exact) mass is 293 g/mol. The van der Waals surface area contributed by atoms with E-state index in [1.807, 2.05) is 10.9 Å². The van der Waals surface area contributed by atoms with Crippen LogP contribution < -0.4 is 0 Å². The van der Waals surface area contributed by atoms with Crippen molar-refractivity contribution in [2.24, 2.45) is 5.92 Å². The van der Waals surface area contributed by atoms with E-state index in [0.29, 0.717) is 12.0 Å².